The second-order valence-electron chi connectivity index (χ2n) is 32.6. The second-order valence-corrected chi connectivity index (χ2v) is 32.6. The average molecular weight is 1750 g/mol. The maximum atomic E-state index is 13.0. The average Bonchev–Trinajstić information content (AvgIpc) is 0.760. The van der Waals surface area contributed by atoms with E-state index in [1.54, 1.807) is 0 Å². The number of hydrogen-bond donors (Lipinski definition) is 2. The van der Waals surface area contributed by atoms with E-state index in [1.165, 1.54) is 0 Å². The number of hydrogen-bond acceptors (Lipinski definition) is 21. The Bertz CT molecular complexity index is 5070. The van der Waals surface area contributed by atoms with Gasteiger partial charge in [0.05, 0.1) is 106 Å². The first-order chi connectivity index (χ1) is 63.8. The van der Waals surface area contributed by atoms with E-state index in [0.29, 0.717) is 0 Å². The summed E-state index contributed by atoms with van der Waals surface area (Å²) in [5.74, 6) is 0. The molecule has 0 bridgehead atoms. The molecule has 20 atom stereocenters. The van der Waals surface area contributed by atoms with E-state index >= 15 is 0 Å². The van der Waals surface area contributed by atoms with Crippen molar-refractivity contribution in [3.63, 3.8) is 0 Å². The Balaban J connectivity index is 0.831. The SMILES string of the molecule is O[C@H]1[C@H](OCc2ccccc2)[C@@H](OCc2ccccc2)[C@H](O[C@H]2[C@H](OCc3ccccc3)[C@@H](OCc3ccccc3)[C@@H](O[C@H]3[C@H](OCc4ccccc4)[C@@H](OCc4ccccc4)[C@@H](O[C@H]4[C@H](OCc5ccccc5)[C@@H](OCc5ccccc5)[C@@H](O)O[C@@H]4COCc4ccccc4)O[C@@H]3COCc3ccccc3)O[C@@H]2COCc2ccccc2)O[C@@H]1COCc1ccccc1. The summed E-state index contributed by atoms with van der Waals surface area (Å²) in [6, 6.07) is 118. The number of rotatable bonds is 46. The highest BCUT2D eigenvalue weighted by Gasteiger charge is 2.59. The summed E-state index contributed by atoms with van der Waals surface area (Å²) in [6.07, 6.45) is -24.4. The maximum Gasteiger partial charge on any atom is 0.187 e. The molecule has 0 aromatic heterocycles. The molecule has 0 saturated carbocycles. The number of benzene rings is 12. The van der Waals surface area contributed by atoms with E-state index in [4.69, 9.17) is 90.0 Å². The fourth-order valence-corrected chi connectivity index (χ4v) is 16.4. The molecule has 0 amide bonds. The summed E-state index contributed by atoms with van der Waals surface area (Å²) in [5.41, 5.74) is 10.4. The van der Waals surface area contributed by atoms with E-state index in [2.05, 4.69) is 0 Å². The van der Waals surface area contributed by atoms with Crippen LogP contribution in [-0.4, -0.2) is 159 Å². The van der Waals surface area contributed by atoms with Gasteiger partial charge in [-0.1, -0.05) is 364 Å². The topological polar surface area (TPSA) is 216 Å². The van der Waals surface area contributed by atoms with E-state index in [1.807, 2.05) is 364 Å². The van der Waals surface area contributed by atoms with Gasteiger partial charge in [0, 0.05) is 0 Å². The third-order valence-corrected chi connectivity index (χ3v) is 23.1. The van der Waals surface area contributed by atoms with Crippen molar-refractivity contribution in [2.75, 3.05) is 26.4 Å². The molecule has 4 aliphatic heterocycles. The van der Waals surface area contributed by atoms with Crippen molar-refractivity contribution in [3.8, 4) is 0 Å². The van der Waals surface area contributed by atoms with Crippen LogP contribution in [0.3, 0.4) is 0 Å². The van der Waals surface area contributed by atoms with Crippen molar-refractivity contribution in [2.24, 2.45) is 0 Å². The van der Waals surface area contributed by atoms with Crippen LogP contribution in [0, 0.1) is 0 Å². The van der Waals surface area contributed by atoms with Gasteiger partial charge in [0.2, 0.25) is 0 Å². The molecule has 2 N–H and O–H groups in total. The van der Waals surface area contributed by atoms with E-state index < -0.39 is 123 Å². The van der Waals surface area contributed by atoms with Crippen LogP contribution >= 0.6 is 0 Å². The maximum absolute atomic E-state index is 13.0. The summed E-state index contributed by atoms with van der Waals surface area (Å²) in [7, 11) is 0. The van der Waals surface area contributed by atoms with Crippen molar-refractivity contribution in [2.45, 2.75) is 202 Å². The highest BCUT2D eigenvalue weighted by molar-refractivity contribution is 5.23. The van der Waals surface area contributed by atoms with Gasteiger partial charge < -0.3 is 100 Å². The minimum Gasteiger partial charge on any atom is -0.387 e. The standard InChI is InChI=1S/C108H114O21/c109-93-89(73-111-61-77-37-13-1-14-38-77)124-106(102(120-70-86-55-31-10-32-56-86)97(93)115-65-81-45-21-5-22-46-81)128-95-91(75-113-63-79-41-17-3-18-42-79)126-108(104(122-72-88-59-35-12-36-60-88)99(95)117-67-83-49-25-7-26-50-83)129-96-92(76-114-64-80-43-19-4-20-44-80)125-107(103(121-71-87-57-33-11-34-58-87)100(96)118-68-84-51-27-8-28-52-84)127-94-90(74-112-62-78-39-15-2-16-40-78)123-105(110)101(119-69-85-53-29-9-30-54-85)98(94)116-66-82-47-23-6-24-48-82/h1-60,89-110H,61-76H2/t89-,90-,91-,92-,93-,94-,95-,96-,97+,98+,99+,100+,101-,102-,103-,104-,105+,106+,107-,108-/m1/s1. The molecule has 672 valence electrons. The summed E-state index contributed by atoms with van der Waals surface area (Å²) in [6.45, 7) is 0.734. The zero-order valence-electron chi connectivity index (χ0n) is 72.2. The number of aliphatic hydroxyl groups excluding tert-OH is 2. The first kappa shape index (κ1) is 92.1. The van der Waals surface area contributed by atoms with Gasteiger partial charge in [0.1, 0.15) is 97.7 Å². The van der Waals surface area contributed by atoms with Crippen LogP contribution < -0.4 is 0 Å². The van der Waals surface area contributed by atoms with E-state index in [9.17, 15) is 10.2 Å². The zero-order chi connectivity index (χ0) is 87.7. The fourth-order valence-electron chi connectivity index (χ4n) is 16.4. The monoisotopic (exact) mass is 1750 g/mol. The second kappa shape index (κ2) is 49.2. The molecule has 4 saturated heterocycles. The molecule has 0 unspecified atom stereocenters. The lowest BCUT2D eigenvalue weighted by atomic mass is 9.94. The Hall–Kier alpha value is -10.2. The van der Waals surface area contributed by atoms with Crippen molar-refractivity contribution in [1.82, 2.24) is 0 Å². The minimum absolute atomic E-state index is 0.0162. The Labute approximate surface area is 755 Å². The first-order valence-electron chi connectivity index (χ1n) is 44.5. The molecular formula is C108H114O21. The summed E-state index contributed by atoms with van der Waals surface area (Å²) in [4.78, 5) is 0. The van der Waals surface area contributed by atoms with Gasteiger partial charge >= 0.3 is 0 Å². The van der Waals surface area contributed by atoms with Gasteiger partial charge in [-0.25, -0.2) is 0 Å². The Morgan fingerprint density at radius 1 is 0.171 bits per heavy atom. The summed E-state index contributed by atoms with van der Waals surface area (Å²) >= 11 is 0. The highest BCUT2D eigenvalue weighted by Crippen LogP contribution is 2.42. The van der Waals surface area contributed by atoms with Crippen LogP contribution in [0.2, 0.25) is 0 Å². The lowest BCUT2D eigenvalue weighted by molar-refractivity contribution is -0.402. The van der Waals surface area contributed by atoms with Crippen molar-refractivity contribution in [3.05, 3.63) is 431 Å². The summed E-state index contributed by atoms with van der Waals surface area (Å²) < 4.78 is 139. The number of aliphatic hydroxyl groups is 2. The van der Waals surface area contributed by atoms with Crippen LogP contribution in [0.4, 0.5) is 0 Å². The Morgan fingerprint density at radius 3 is 0.581 bits per heavy atom. The van der Waals surface area contributed by atoms with E-state index in [-0.39, 0.29) is 106 Å². The number of ether oxygens (including phenoxy) is 19. The molecular weight excluding hydrogens is 1630 g/mol. The molecule has 0 spiro atoms. The predicted molar refractivity (Wildman–Crippen MR) is 482 cm³/mol. The predicted octanol–water partition coefficient (Wildman–Crippen LogP) is 16.9. The molecule has 21 heteroatoms. The zero-order valence-corrected chi connectivity index (χ0v) is 72.2. The van der Waals surface area contributed by atoms with Crippen LogP contribution in [0.25, 0.3) is 0 Å². The normalized spacial score (nSPS) is 25.8. The van der Waals surface area contributed by atoms with Gasteiger partial charge in [-0.3, -0.25) is 0 Å². The largest absolute Gasteiger partial charge is 0.387 e. The minimum atomic E-state index is -1.54. The smallest absolute Gasteiger partial charge is 0.187 e. The third-order valence-electron chi connectivity index (χ3n) is 23.1. The lowest BCUT2D eigenvalue weighted by Gasteiger charge is -2.52. The summed E-state index contributed by atoms with van der Waals surface area (Å²) in [5, 5.41) is 25.6. The van der Waals surface area contributed by atoms with Gasteiger partial charge in [0.15, 0.2) is 25.2 Å². The Kier molecular flexibility index (Phi) is 35.1. The quantitative estimate of drug-likeness (QED) is 0.0363. The molecule has 129 heavy (non-hydrogen) atoms. The Morgan fingerprint density at radius 2 is 0.341 bits per heavy atom. The first-order valence-corrected chi connectivity index (χ1v) is 44.5. The van der Waals surface area contributed by atoms with Crippen LogP contribution in [-0.2, 0) is 169 Å². The third kappa shape index (κ3) is 27.0. The fraction of sp³-hybridized carbons (Fsp3) is 0.333. The molecule has 21 nitrogen and oxygen atoms in total. The van der Waals surface area contributed by atoms with Crippen molar-refractivity contribution in [1.29, 1.82) is 0 Å². The van der Waals surface area contributed by atoms with Crippen LogP contribution in [0.1, 0.15) is 66.8 Å². The highest BCUT2D eigenvalue weighted by atomic mass is 16.8. The van der Waals surface area contributed by atoms with Crippen LogP contribution in [0.5, 0.6) is 0 Å². The van der Waals surface area contributed by atoms with Crippen molar-refractivity contribution < 1.29 is 100 Å². The van der Waals surface area contributed by atoms with Gasteiger partial charge in [-0.05, 0) is 66.8 Å². The molecule has 12 aromatic rings. The molecule has 4 fully saturated rings. The van der Waals surface area contributed by atoms with E-state index in [0.717, 1.165) is 66.8 Å². The van der Waals surface area contributed by atoms with Gasteiger partial charge in [-0.2, -0.15) is 0 Å². The molecule has 12 aromatic carbocycles. The van der Waals surface area contributed by atoms with Crippen molar-refractivity contribution >= 4 is 0 Å². The molecule has 16 rings (SSSR count). The van der Waals surface area contributed by atoms with Gasteiger partial charge in [0.25, 0.3) is 0 Å². The molecule has 4 heterocycles. The molecule has 0 radical (unpaired) electrons. The molecule has 4 aliphatic rings. The van der Waals surface area contributed by atoms with Crippen LogP contribution in [0.15, 0.2) is 364 Å². The van der Waals surface area contributed by atoms with Gasteiger partial charge in [-0.15, -0.1) is 0 Å². The molecule has 0 aliphatic carbocycles. The lowest BCUT2D eigenvalue weighted by Crippen LogP contribution is -2.69.